The fraction of sp³-hybridized carbons (Fsp3) is 0.579. The number of amides is 1. The first kappa shape index (κ1) is 20.1. The number of hydrogen-bond donors (Lipinski definition) is 1. The third-order valence-corrected chi connectivity index (χ3v) is 5.73. The van der Waals surface area contributed by atoms with E-state index in [1.54, 1.807) is 18.2 Å². The van der Waals surface area contributed by atoms with Gasteiger partial charge in [-0.25, -0.2) is 4.79 Å². The van der Waals surface area contributed by atoms with Crippen molar-refractivity contribution in [2.75, 3.05) is 7.11 Å². The summed E-state index contributed by atoms with van der Waals surface area (Å²) in [7, 11) is 1.36. The lowest BCUT2D eigenvalue weighted by atomic mass is 9.72. The van der Waals surface area contributed by atoms with E-state index in [0.717, 1.165) is 12.8 Å². The van der Waals surface area contributed by atoms with Crippen LogP contribution >= 0.6 is 23.2 Å². The summed E-state index contributed by atoms with van der Waals surface area (Å²) in [6.45, 7) is 4.38. The van der Waals surface area contributed by atoms with Gasteiger partial charge in [-0.15, -0.1) is 0 Å². The molecule has 0 atom stereocenters. The van der Waals surface area contributed by atoms with Crippen molar-refractivity contribution in [3.8, 4) is 0 Å². The van der Waals surface area contributed by atoms with Crippen LogP contribution in [0.15, 0.2) is 18.2 Å². The molecule has 0 bridgehead atoms. The van der Waals surface area contributed by atoms with Crippen molar-refractivity contribution in [1.29, 1.82) is 0 Å². The standard InChI is InChI=1S/C19H25Cl2NO3/c1-12(2)13-6-8-19(9-7-13,18(24)25-3)22-17(23)10-14-4-5-15(20)11-16(14)21/h4-5,11-13H,6-10H2,1-3H3,(H,22,23). The van der Waals surface area contributed by atoms with Crippen LogP contribution in [-0.4, -0.2) is 24.5 Å². The van der Waals surface area contributed by atoms with Gasteiger partial charge in [0, 0.05) is 10.0 Å². The second-order valence-corrected chi connectivity index (χ2v) is 7.96. The zero-order valence-corrected chi connectivity index (χ0v) is 16.4. The van der Waals surface area contributed by atoms with E-state index in [4.69, 9.17) is 27.9 Å². The van der Waals surface area contributed by atoms with Gasteiger partial charge in [-0.2, -0.15) is 0 Å². The topological polar surface area (TPSA) is 55.4 Å². The maximum absolute atomic E-state index is 12.5. The predicted octanol–water partition coefficient (Wildman–Crippen LogP) is 4.41. The van der Waals surface area contributed by atoms with E-state index in [1.807, 2.05) is 0 Å². The number of halogens is 2. The van der Waals surface area contributed by atoms with E-state index in [-0.39, 0.29) is 18.3 Å². The van der Waals surface area contributed by atoms with E-state index in [2.05, 4.69) is 19.2 Å². The molecular weight excluding hydrogens is 361 g/mol. The molecule has 25 heavy (non-hydrogen) atoms. The van der Waals surface area contributed by atoms with E-state index < -0.39 is 5.54 Å². The number of nitrogens with one attached hydrogen (secondary N) is 1. The lowest BCUT2D eigenvalue weighted by Crippen LogP contribution is -2.57. The molecule has 0 saturated heterocycles. The van der Waals surface area contributed by atoms with Crippen LogP contribution in [0.5, 0.6) is 0 Å². The average Bonchev–Trinajstić information content (AvgIpc) is 2.57. The van der Waals surface area contributed by atoms with Crippen LogP contribution in [0.1, 0.15) is 45.1 Å². The summed E-state index contributed by atoms with van der Waals surface area (Å²) in [5, 5.41) is 3.89. The molecule has 6 heteroatoms. The maximum atomic E-state index is 12.5. The summed E-state index contributed by atoms with van der Waals surface area (Å²) in [4.78, 5) is 24.9. The molecule has 1 aromatic carbocycles. The molecule has 2 rings (SSSR count). The van der Waals surface area contributed by atoms with Crippen LogP contribution in [0, 0.1) is 11.8 Å². The largest absolute Gasteiger partial charge is 0.467 e. The van der Waals surface area contributed by atoms with Gasteiger partial charge in [0.25, 0.3) is 0 Å². The first-order valence-electron chi connectivity index (χ1n) is 8.61. The summed E-state index contributed by atoms with van der Waals surface area (Å²) in [5.41, 5.74) is -0.254. The summed E-state index contributed by atoms with van der Waals surface area (Å²) >= 11 is 12.0. The van der Waals surface area contributed by atoms with Crippen molar-refractivity contribution in [1.82, 2.24) is 5.32 Å². The van der Waals surface area contributed by atoms with Crippen LogP contribution in [0.25, 0.3) is 0 Å². The van der Waals surface area contributed by atoms with Gasteiger partial charge in [-0.1, -0.05) is 43.1 Å². The molecule has 1 saturated carbocycles. The quantitative estimate of drug-likeness (QED) is 0.763. The molecule has 0 aromatic heterocycles. The van der Waals surface area contributed by atoms with Crippen LogP contribution in [0.4, 0.5) is 0 Å². The van der Waals surface area contributed by atoms with Gasteiger partial charge in [0.05, 0.1) is 13.5 Å². The normalized spacial score (nSPS) is 23.4. The number of ether oxygens (including phenoxy) is 1. The highest BCUT2D eigenvalue weighted by Crippen LogP contribution is 2.36. The summed E-state index contributed by atoms with van der Waals surface area (Å²) < 4.78 is 4.98. The maximum Gasteiger partial charge on any atom is 0.331 e. The van der Waals surface area contributed by atoms with Gasteiger partial charge in [-0.05, 0) is 55.2 Å². The minimum Gasteiger partial charge on any atom is -0.467 e. The molecule has 0 radical (unpaired) electrons. The third-order valence-electron chi connectivity index (χ3n) is 5.15. The highest BCUT2D eigenvalue weighted by Gasteiger charge is 2.44. The van der Waals surface area contributed by atoms with E-state index >= 15 is 0 Å². The van der Waals surface area contributed by atoms with Gasteiger partial charge < -0.3 is 10.1 Å². The predicted molar refractivity (Wildman–Crippen MR) is 99.9 cm³/mol. The SMILES string of the molecule is COC(=O)C1(NC(=O)Cc2ccc(Cl)cc2Cl)CCC(C(C)C)CC1. The Morgan fingerprint density at radius 2 is 1.92 bits per heavy atom. The molecule has 1 aromatic rings. The molecule has 0 spiro atoms. The number of esters is 1. The number of rotatable bonds is 5. The molecule has 1 amide bonds. The molecule has 0 aliphatic heterocycles. The van der Waals surface area contributed by atoms with E-state index in [9.17, 15) is 9.59 Å². The Bertz CT molecular complexity index is 638. The number of methoxy groups -OCH3 is 1. The Labute approximate surface area is 159 Å². The minimum atomic E-state index is -0.934. The second kappa shape index (κ2) is 8.41. The molecule has 0 heterocycles. The van der Waals surface area contributed by atoms with Crippen LogP contribution in [-0.2, 0) is 20.7 Å². The molecule has 1 N–H and O–H groups in total. The zero-order valence-electron chi connectivity index (χ0n) is 14.9. The second-order valence-electron chi connectivity index (χ2n) is 7.12. The molecule has 1 aliphatic carbocycles. The Morgan fingerprint density at radius 3 is 2.44 bits per heavy atom. The highest BCUT2D eigenvalue weighted by molar-refractivity contribution is 6.35. The molecular formula is C19H25Cl2NO3. The minimum absolute atomic E-state index is 0.0996. The van der Waals surface area contributed by atoms with E-state index in [1.165, 1.54) is 7.11 Å². The lowest BCUT2D eigenvalue weighted by molar-refractivity contribution is -0.153. The van der Waals surface area contributed by atoms with Crippen molar-refractivity contribution in [3.63, 3.8) is 0 Å². The molecule has 138 valence electrons. The number of carbonyl (C=O) groups excluding carboxylic acids is 2. The van der Waals surface area contributed by atoms with Crippen LogP contribution < -0.4 is 5.32 Å². The first-order valence-corrected chi connectivity index (χ1v) is 9.36. The van der Waals surface area contributed by atoms with Gasteiger partial charge in [0.1, 0.15) is 5.54 Å². The van der Waals surface area contributed by atoms with Gasteiger partial charge in [-0.3, -0.25) is 4.79 Å². The number of benzene rings is 1. The van der Waals surface area contributed by atoms with Crippen molar-refractivity contribution in [3.05, 3.63) is 33.8 Å². The molecule has 4 nitrogen and oxygen atoms in total. The smallest absolute Gasteiger partial charge is 0.331 e. The summed E-state index contributed by atoms with van der Waals surface area (Å²) in [6, 6.07) is 5.03. The Hall–Kier alpha value is -1.26. The zero-order chi connectivity index (χ0) is 18.6. The van der Waals surface area contributed by atoms with Crippen molar-refractivity contribution >= 4 is 35.1 Å². The van der Waals surface area contributed by atoms with Crippen molar-refractivity contribution < 1.29 is 14.3 Å². The van der Waals surface area contributed by atoms with Crippen LogP contribution in [0.3, 0.4) is 0 Å². The highest BCUT2D eigenvalue weighted by atomic mass is 35.5. The molecule has 1 fully saturated rings. The number of hydrogen-bond acceptors (Lipinski definition) is 3. The Morgan fingerprint density at radius 1 is 1.28 bits per heavy atom. The molecule has 0 unspecified atom stereocenters. The van der Waals surface area contributed by atoms with Crippen molar-refractivity contribution in [2.45, 2.75) is 51.5 Å². The fourth-order valence-electron chi connectivity index (χ4n) is 3.52. The van der Waals surface area contributed by atoms with Crippen LogP contribution in [0.2, 0.25) is 10.0 Å². The summed E-state index contributed by atoms with van der Waals surface area (Å²) in [6.07, 6.45) is 3.09. The Balaban J connectivity index is 2.09. The van der Waals surface area contributed by atoms with Gasteiger partial charge in [0.15, 0.2) is 0 Å². The fourth-order valence-corrected chi connectivity index (χ4v) is 4.00. The van der Waals surface area contributed by atoms with Gasteiger partial charge >= 0.3 is 5.97 Å². The van der Waals surface area contributed by atoms with Crippen molar-refractivity contribution in [2.24, 2.45) is 11.8 Å². The average molecular weight is 386 g/mol. The monoisotopic (exact) mass is 385 g/mol. The first-order chi connectivity index (χ1) is 11.8. The van der Waals surface area contributed by atoms with E-state index in [0.29, 0.717) is 40.3 Å². The molecule has 1 aliphatic rings. The Kier molecular flexibility index (Phi) is 6.75. The summed E-state index contributed by atoms with van der Waals surface area (Å²) in [5.74, 6) is 0.530. The third kappa shape index (κ3) is 4.89. The lowest BCUT2D eigenvalue weighted by Gasteiger charge is -2.39. The number of carbonyl (C=O) groups is 2. The van der Waals surface area contributed by atoms with Gasteiger partial charge in [0.2, 0.25) is 5.91 Å².